The third-order valence-electron chi connectivity index (χ3n) is 3.89. The highest BCUT2D eigenvalue weighted by molar-refractivity contribution is 7.89. The lowest BCUT2D eigenvalue weighted by atomic mass is 9.96. The van der Waals surface area contributed by atoms with E-state index in [4.69, 9.17) is 10.5 Å². The van der Waals surface area contributed by atoms with E-state index in [-0.39, 0.29) is 0 Å². The number of hydrogen-bond donors (Lipinski definition) is 1. The van der Waals surface area contributed by atoms with Crippen molar-refractivity contribution in [3.63, 3.8) is 0 Å². The summed E-state index contributed by atoms with van der Waals surface area (Å²) in [7, 11) is -1.85. The first-order valence-electron chi connectivity index (χ1n) is 6.76. The zero-order valence-electron chi connectivity index (χ0n) is 12.0. The molecule has 1 aliphatic heterocycles. The molecule has 1 aromatic carbocycles. The minimum atomic E-state index is -3.48. The van der Waals surface area contributed by atoms with Crippen molar-refractivity contribution >= 4 is 10.0 Å². The van der Waals surface area contributed by atoms with Crippen LogP contribution in [0, 0.1) is 0 Å². The summed E-state index contributed by atoms with van der Waals surface area (Å²) in [6, 6.07) is 6.82. The quantitative estimate of drug-likeness (QED) is 0.910. The topological polar surface area (TPSA) is 72.6 Å². The van der Waals surface area contributed by atoms with Crippen LogP contribution in [0.4, 0.5) is 0 Å². The Morgan fingerprint density at radius 3 is 2.85 bits per heavy atom. The zero-order chi connectivity index (χ0) is 14.8. The van der Waals surface area contributed by atoms with E-state index in [0.29, 0.717) is 24.5 Å². The molecule has 0 aliphatic carbocycles. The van der Waals surface area contributed by atoms with Gasteiger partial charge in [0.2, 0.25) is 10.0 Å². The van der Waals surface area contributed by atoms with Crippen molar-refractivity contribution in [2.24, 2.45) is 5.73 Å². The van der Waals surface area contributed by atoms with Crippen LogP contribution in [-0.4, -0.2) is 38.5 Å². The Labute approximate surface area is 120 Å². The van der Waals surface area contributed by atoms with Crippen molar-refractivity contribution in [1.29, 1.82) is 0 Å². The van der Waals surface area contributed by atoms with E-state index in [1.54, 1.807) is 25.3 Å². The van der Waals surface area contributed by atoms with Gasteiger partial charge in [-0.3, -0.25) is 0 Å². The molecule has 0 saturated carbocycles. The summed E-state index contributed by atoms with van der Waals surface area (Å²) in [5.41, 5.74) is 5.99. The number of nitrogens with two attached hydrogens (primary N) is 1. The summed E-state index contributed by atoms with van der Waals surface area (Å²) < 4.78 is 32.3. The number of piperidine rings is 1. The van der Waals surface area contributed by atoms with E-state index in [1.165, 1.54) is 4.31 Å². The first kappa shape index (κ1) is 15.4. The van der Waals surface area contributed by atoms with Crippen molar-refractivity contribution in [2.75, 3.05) is 20.2 Å². The van der Waals surface area contributed by atoms with Gasteiger partial charge in [0.1, 0.15) is 0 Å². The number of sulfonamides is 1. The first-order valence-corrected chi connectivity index (χ1v) is 8.20. The molecule has 2 N–H and O–H groups in total. The number of hydrogen-bond acceptors (Lipinski definition) is 4. The molecule has 6 heteroatoms. The first-order chi connectivity index (χ1) is 9.41. The largest absolute Gasteiger partial charge is 0.377 e. The Kier molecular flexibility index (Phi) is 4.49. The third-order valence-corrected chi connectivity index (χ3v) is 5.73. The van der Waals surface area contributed by atoms with Crippen LogP contribution in [0.3, 0.4) is 0 Å². The second-order valence-corrected chi connectivity index (χ2v) is 7.39. The van der Waals surface area contributed by atoms with Crippen LogP contribution in [0.15, 0.2) is 29.2 Å². The predicted octanol–water partition coefficient (Wildman–Crippen LogP) is 1.33. The highest BCUT2D eigenvalue weighted by atomic mass is 32.2. The summed E-state index contributed by atoms with van der Waals surface area (Å²) in [5.74, 6) is 0. The Bertz CT molecular complexity index is 574. The molecule has 1 aliphatic rings. The zero-order valence-corrected chi connectivity index (χ0v) is 12.8. The molecule has 2 rings (SSSR count). The maximum absolute atomic E-state index is 12.7. The van der Waals surface area contributed by atoms with Gasteiger partial charge < -0.3 is 10.5 Å². The molecule has 0 radical (unpaired) electrons. The van der Waals surface area contributed by atoms with E-state index >= 15 is 0 Å². The van der Waals surface area contributed by atoms with Crippen LogP contribution in [0.25, 0.3) is 0 Å². The molecule has 1 heterocycles. The Hall–Kier alpha value is -0.950. The molecule has 1 unspecified atom stereocenters. The molecule has 0 bridgehead atoms. The fourth-order valence-electron chi connectivity index (χ4n) is 2.51. The van der Waals surface area contributed by atoms with Crippen LogP contribution in [0.2, 0.25) is 0 Å². The Morgan fingerprint density at radius 2 is 2.20 bits per heavy atom. The van der Waals surface area contributed by atoms with Gasteiger partial charge in [-0.25, -0.2) is 8.42 Å². The summed E-state index contributed by atoms with van der Waals surface area (Å²) in [6.45, 7) is 3.21. The molecule has 20 heavy (non-hydrogen) atoms. The van der Waals surface area contributed by atoms with Crippen molar-refractivity contribution in [3.05, 3.63) is 29.8 Å². The minimum Gasteiger partial charge on any atom is -0.377 e. The van der Waals surface area contributed by atoms with Crippen LogP contribution in [0.5, 0.6) is 0 Å². The Morgan fingerprint density at radius 1 is 1.45 bits per heavy atom. The average molecular weight is 298 g/mol. The highest BCUT2D eigenvalue weighted by Gasteiger charge is 2.37. The van der Waals surface area contributed by atoms with Gasteiger partial charge in [0.25, 0.3) is 0 Å². The second kappa shape index (κ2) is 5.81. The molecule has 1 fully saturated rings. The van der Waals surface area contributed by atoms with Crippen molar-refractivity contribution in [1.82, 2.24) is 4.31 Å². The monoisotopic (exact) mass is 298 g/mol. The lowest BCUT2D eigenvalue weighted by Crippen LogP contribution is -2.49. The van der Waals surface area contributed by atoms with E-state index < -0.39 is 15.6 Å². The number of ether oxygens (including phenoxy) is 1. The van der Waals surface area contributed by atoms with Gasteiger partial charge in [-0.05, 0) is 37.5 Å². The van der Waals surface area contributed by atoms with Gasteiger partial charge in [-0.2, -0.15) is 4.31 Å². The Balaban J connectivity index is 2.30. The standard InChI is InChI=1S/C14H22N2O3S/c1-14(19-2)7-4-8-16(11-14)20(17,18)13-6-3-5-12(9-13)10-15/h3,5-6,9H,4,7-8,10-11,15H2,1-2H3. The molecule has 1 saturated heterocycles. The van der Waals surface area contributed by atoms with Gasteiger partial charge in [0.15, 0.2) is 0 Å². The summed E-state index contributed by atoms with van der Waals surface area (Å²) >= 11 is 0. The maximum Gasteiger partial charge on any atom is 0.243 e. The van der Waals surface area contributed by atoms with Crippen molar-refractivity contribution in [3.8, 4) is 0 Å². The van der Waals surface area contributed by atoms with Gasteiger partial charge in [-0.1, -0.05) is 12.1 Å². The maximum atomic E-state index is 12.7. The lowest BCUT2D eigenvalue weighted by Gasteiger charge is -2.38. The lowest BCUT2D eigenvalue weighted by molar-refractivity contribution is -0.0319. The average Bonchev–Trinajstić information content (AvgIpc) is 2.47. The van der Waals surface area contributed by atoms with Crippen molar-refractivity contribution in [2.45, 2.75) is 36.8 Å². The summed E-state index contributed by atoms with van der Waals surface area (Å²) in [4.78, 5) is 0.306. The van der Waals surface area contributed by atoms with E-state index in [9.17, 15) is 8.42 Å². The predicted molar refractivity (Wildman–Crippen MR) is 77.7 cm³/mol. The normalized spacial score (nSPS) is 24.8. The van der Waals surface area contributed by atoms with Crippen LogP contribution >= 0.6 is 0 Å². The molecular weight excluding hydrogens is 276 g/mol. The fraction of sp³-hybridized carbons (Fsp3) is 0.571. The smallest absolute Gasteiger partial charge is 0.243 e. The molecule has 0 spiro atoms. The van der Waals surface area contributed by atoms with Crippen LogP contribution in [0.1, 0.15) is 25.3 Å². The number of nitrogens with zero attached hydrogens (tertiary/aromatic N) is 1. The van der Waals surface area contributed by atoms with Gasteiger partial charge in [-0.15, -0.1) is 0 Å². The van der Waals surface area contributed by atoms with Gasteiger partial charge in [0, 0.05) is 26.7 Å². The molecule has 1 atom stereocenters. The fourth-order valence-corrected chi connectivity index (χ4v) is 4.18. The second-order valence-electron chi connectivity index (χ2n) is 5.45. The molecule has 0 amide bonds. The number of methoxy groups -OCH3 is 1. The molecule has 5 nitrogen and oxygen atoms in total. The number of rotatable bonds is 4. The summed E-state index contributed by atoms with van der Waals surface area (Å²) in [6.07, 6.45) is 1.68. The number of benzene rings is 1. The molecule has 1 aromatic rings. The highest BCUT2D eigenvalue weighted by Crippen LogP contribution is 2.28. The van der Waals surface area contributed by atoms with E-state index in [0.717, 1.165) is 18.4 Å². The molecule has 112 valence electrons. The van der Waals surface area contributed by atoms with Gasteiger partial charge in [0.05, 0.1) is 10.5 Å². The SMILES string of the molecule is COC1(C)CCCN(S(=O)(=O)c2cccc(CN)c2)C1. The molecular formula is C14H22N2O3S. The summed E-state index contributed by atoms with van der Waals surface area (Å²) in [5, 5.41) is 0. The van der Waals surface area contributed by atoms with E-state index in [2.05, 4.69) is 0 Å². The van der Waals surface area contributed by atoms with Gasteiger partial charge >= 0.3 is 0 Å². The van der Waals surface area contributed by atoms with E-state index in [1.807, 2.05) is 13.0 Å². The minimum absolute atomic E-state index is 0.306. The third kappa shape index (κ3) is 3.03. The van der Waals surface area contributed by atoms with Crippen LogP contribution in [-0.2, 0) is 21.3 Å². The molecule has 0 aromatic heterocycles. The van der Waals surface area contributed by atoms with Crippen molar-refractivity contribution < 1.29 is 13.2 Å². The van der Waals surface area contributed by atoms with Crippen LogP contribution < -0.4 is 5.73 Å².